The zero-order chi connectivity index (χ0) is 12.8. The van der Waals surface area contributed by atoms with Gasteiger partial charge >= 0.3 is 5.97 Å². The topological polar surface area (TPSA) is 79.3 Å². The first-order chi connectivity index (χ1) is 7.99. The summed E-state index contributed by atoms with van der Waals surface area (Å²) in [6, 6.07) is 0. The number of carbonyl (C=O) groups is 2. The largest absolute Gasteiger partial charge is 0.481 e. The fourth-order valence-corrected chi connectivity index (χ4v) is 1.89. The van der Waals surface area contributed by atoms with Gasteiger partial charge in [-0.25, -0.2) is 4.98 Å². The number of nitrogens with one attached hydrogen (secondary N) is 1. The lowest BCUT2D eigenvalue weighted by atomic mass is 10.1. The molecule has 1 amide bonds. The summed E-state index contributed by atoms with van der Waals surface area (Å²) in [6.07, 6.45) is 0.693. The van der Waals surface area contributed by atoms with Crippen LogP contribution >= 0.6 is 11.3 Å². The normalized spacial score (nSPS) is 12.1. The second kappa shape index (κ2) is 6.34. The van der Waals surface area contributed by atoms with Crippen LogP contribution in [-0.2, 0) is 4.79 Å². The Kier molecular flexibility index (Phi) is 5.09. The summed E-state index contributed by atoms with van der Waals surface area (Å²) in [6.45, 7) is 4.23. The van der Waals surface area contributed by atoms with Crippen LogP contribution in [-0.4, -0.2) is 28.5 Å². The van der Waals surface area contributed by atoms with E-state index < -0.39 is 5.97 Å². The number of hydrogen-bond acceptors (Lipinski definition) is 4. The Morgan fingerprint density at radius 1 is 1.59 bits per heavy atom. The molecule has 0 aliphatic carbocycles. The predicted molar refractivity (Wildman–Crippen MR) is 65.2 cm³/mol. The maximum atomic E-state index is 11.6. The summed E-state index contributed by atoms with van der Waals surface area (Å²) in [7, 11) is 0. The molecule has 1 atom stereocenters. The van der Waals surface area contributed by atoms with Crippen LogP contribution in [0.1, 0.15) is 35.3 Å². The van der Waals surface area contributed by atoms with E-state index in [1.54, 1.807) is 5.38 Å². The Hall–Kier alpha value is -1.43. The number of aromatic nitrogens is 1. The smallest absolute Gasteiger partial charge is 0.303 e. The van der Waals surface area contributed by atoms with Crippen molar-refractivity contribution in [2.24, 2.45) is 5.92 Å². The highest BCUT2D eigenvalue weighted by atomic mass is 32.1. The van der Waals surface area contributed by atoms with E-state index in [0.29, 0.717) is 18.7 Å². The van der Waals surface area contributed by atoms with Crippen LogP contribution in [0.2, 0.25) is 0 Å². The molecular weight excluding hydrogens is 240 g/mol. The van der Waals surface area contributed by atoms with Crippen molar-refractivity contribution in [3.8, 4) is 0 Å². The minimum absolute atomic E-state index is 0.132. The number of rotatable bonds is 6. The Morgan fingerprint density at radius 2 is 2.29 bits per heavy atom. The highest BCUT2D eigenvalue weighted by molar-refractivity contribution is 7.09. The minimum Gasteiger partial charge on any atom is -0.481 e. The number of carbonyl (C=O) groups excluding carboxylic acids is 1. The number of nitrogens with zero attached hydrogens (tertiary/aromatic N) is 1. The van der Waals surface area contributed by atoms with Crippen molar-refractivity contribution in [1.82, 2.24) is 10.3 Å². The second-order valence-corrected chi connectivity index (χ2v) is 5.06. The third-order valence-corrected chi connectivity index (χ3v) is 3.09. The van der Waals surface area contributed by atoms with Crippen LogP contribution in [0.4, 0.5) is 0 Å². The molecule has 0 aromatic carbocycles. The quantitative estimate of drug-likeness (QED) is 0.811. The first-order valence-electron chi connectivity index (χ1n) is 5.41. The van der Waals surface area contributed by atoms with Crippen LogP contribution in [0.25, 0.3) is 0 Å². The molecule has 0 spiro atoms. The van der Waals surface area contributed by atoms with Gasteiger partial charge in [-0.2, -0.15) is 0 Å². The van der Waals surface area contributed by atoms with Gasteiger partial charge in [-0.3, -0.25) is 9.59 Å². The van der Waals surface area contributed by atoms with Crippen LogP contribution < -0.4 is 5.32 Å². The summed E-state index contributed by atoms with van der Waals surface area (Å²) in [5, 5.41) is 13.8. The molecule has 1 rings (SSSR count). The van der Waals surface area contributed by atoms with Gasteiger partial charge < -0.3 is 10.4 Å². The monoisotopic (exact) mass is 256 g/mol. The van der Waals surface area contributed by atoms with E-state index in [9.17, 15) is 9.59 Å². The summed E-state index contributed by atoms with van der Waals surface area (Å²) >= 11 is 1.43. The first kappa shape index (κ1) is 13.6. The van der Waals surface area contributed by atoms with Crippen molar-refractivity contribution >= 4 is 23.2 Å². The van der Waals surface area contributed by atoms with Gasteiger partial charge in [-0.15, -0.1) is 11.3 Å². The molecule has 17 heavy (non-hydrogen) atoms. The molecule has 1 heterocycles. The molecule has 0 fully saturated rings. The van der Waals surface area contributed by atoms with Gasteiger partial charge in [0.25, 0.3) is 5.91 Å². The number of thiazole rings is 1. The molecule has 0 saturated carbocycles. The number of aryl methyl sites for hydroxylation is 1. The molecule has 94 valence electrons. The molecule has 2 N–H and O–H groups in total. The Bertz CT molecular complexity index is 403. The van der Waals surface area contributed by atoms with Crippen LogP contribution in [0.5, 0.6) is 0 Å². The SMILES string of the molecule is Cc1nc(C(=O)NCC(C)CCC(=O)O)cs1. The Balaban J connectivity index is 2.30. The van der Waals surface area contributed by atoms with E-state index >= 15 is 0 Å². The molecule has 0 aliphatic rings. The molecule has 0 saturated heterocycles. The van der Waals surface area contributed by atoms with Gasteiger partial charge in [0, 0.05) is 18.3 Å². The zero-order valence-corrected chi connectivity index (χ0v) is 10.7. The van der Waals surface area contributed by atoms with Gasteiger partial charge in [0.2, 0.25) is 0 Å². The molecule has 5 nitrogen and oxygen atoms in total. The molecule has 6 heteroatoms. The lowest BCUT2D eigenvalue weighted by Crippen LogP contribution is -2.28. The average molecular weight is 256 g/mol. The third-order valence-electron chi connectivity index (χ3n) is 2.31. The average Bonchev–Trinajstić information content (AvgIpc) is 2.70. The molecule has 0 radical (unpaired) electrons. The van der Waals surface area contributed by atoms with Gasteiger partial charge in [0.05, 0.1) is 5.01 Å². The minimum atomic E-state index is -0.807. The van der Waals surface area contributed by atoms with Gasteiger partial charge in [0.1, 0.15) is 5.69 Å². The third kappa shape index (κ3) is 4.95. The molecule has 0 aliphatic heterocycles. The molecular formula is C11H16N2O3S. The lowest BCUT2D eigenvalue weighted by Gasteiger charge is -2.10. The first-order valence-corrected chi connectivity index (χ1v) is 6.29. The van der Waals surface area contributed by atoms with E-state index in [2.05, 4.69) is 10.3 Å². The fourth-order valence-electron chi connectivity index (χ4n) is 1.30. The van der Waals surface area contributed by atoms with Gasteiger partial charge in [-0.05, 0) is 19.3 Å². The van der Waals surface area contributed by atoms with Crippen LogP contribution in [0.3, 0.4) is 0 Å². The number of aliphatic carboxylic acids is 1. The zero-order valence-electron chi connectivity index (χ0n) is 9.90. The molecule has 0 bridgehead atoms. The van der Waals surface area contributed by atoms with E-state index in [0.717, 1.165) is 5.01 Å². The standard InChI is InChI=1S/C11H16N2O3S/c1-7(3-4-10(14)15)5-12-11(16)9-6-17-8(2)13-9/h6-7H,3-5H2,1-2H3,(H,12,16)(H,14,15). The van der Waals surface area contributed by atoms with Crippen LogP contribution in [0.15, 0.2) is 5.38 Å². The van der Waals surface area contributed by atoms with Crippen molar-refractivity contribution in [2.75, 3.05) is 6.54 Å². The maximum Gasteiger partial charge on any atom is 0.303 e. The summed E-state index contributed by atoms with van der Waals surface area (Å²) in [4.78, 5) is 26.1. The highest BCUT2D eigenvalue weighted by Gasteiger charge is 2.11. The molecule has 1 unspecified atom stereocenters. The highest BCUT2D eigenvalue weighted by Crippen LogP contribution is 2.08. The van der Waals surface area contributed by atoms with Crippen LogP contribution in [0, 0.1) is 12.8 Å². The Morgan fingerprint density at radius 3 is 2.82 bits per heavy atom. The Labute approximate surface area is 104 Å². The van der Waals surface area contributed by atoms with E-state index in [-0.39, 0.29) is 18.2 Å². The van der Waals surface area contributed by atoms with E-state index in [1.807, 2.05) is 13.8 Å². The van der Waals surface area contributed by atoms with Crippen molar-refractivity contribution < 1.29 is 14.7 Å². The van der Waals surface area contributed by atoms with E-state index in [1.165, 1.54) is 11.3 Å². The van der Waals surface area contributed by atoms with E-state index in [4.69, 9.17) is 5.11 Å². The lowest BCUT2D eigenvalue weighted by molar-refractivity contribution is -0.137. The summed E-state index contributed by atoms with van der Waals surface area (Å²) < 4.78 is 0. The van der Waals surface area contributed by atoms with Crippen molar-refractivity contribution in [2.45, 2.75) is 26.7 Å². The predicted octanol–water partition coefficient (Wildman–Crippen LogP) is 1.68. The number of carboxylic acids is 1. The maximum absolute atomic E-state index is 11.6. The number of amides is 1. The molecule has 1 aromatic heterocycles. The summed E-state index contributed by atoms with van der Waals surface area (Å²) in [5.74, 6) is -0.857. The van der Waals surface area contributed by atoms with Gasteiger partial charge in [0.15, 0.2) is 0 Å². The molecule has 1 aromatic rings. The number of hydrogen-bond donors (Lipinski definition) is 2. The second-order valence-electron chi connectivity index (χ2n) is 4.00. The fraction of sp³-hybridized carbons (Fsp3) is 0.545. The van der Waals surface area contributed by atoms with Crippen molar-refractivity contribution in [3.63, 3.8) is 0 Å². The number of carboxylic acid groups (broad SMARTS) is 1. The summed E-state index contributed by atoms with van der Waals surface area (Å²) in [5.41, 5.74) is 0.429. The van der Waals surface area contributed by atoms with Gasteiger partial charge in [-0.1, -0.05) is 6.92 Å². The van der Waals surface area contributed by atoms with Crippen molar-refractivity contribution in [1.29, 1.82) is 0 Å². The van der Waals surface area contributed by atoms with Crippen molar-refractivity contribution in [3.05, 3.63) is 16.1 Å².